The van der Waals surface area contributed by atoms with E-state index in [1.807, 2.05) is 29.2 Å². The first kappa shape index (κ1) is 30.0. The number of benzene rings is 2. The number of esters is 1. The SMILES string of the molecule is CCOC(=O)CN1CCN(S(=O)(=O)c2cnc3n2C(C)(Cc2ccc(Br)cc2)C(=O)N3c2cc(Cl)cc(Cl)c2)CC1. The summed E-state index contributed by atoms with van der Waals surface area (Å²) in [5.74, 6) is -0.550. The van der Waals surface area contributed by atoms with Crippen LogP contribution in [-0.2, 0) is 36.3 Å². The van der Waals surface area contributed by atoms with Crippen molar-refractivity contribution in [2.45, 2.75) is 30.8 Å². The summed E-state index contributed by atoms with van der Waals surface area (Å²) in [6.07, 6.45) is 1.50. The average Bonchev–Trinajstić information content (AvgIpc) is 3.44. The molecule has 10 nitrogen and oxygen atoms in total. The van der Waals surface area contributed by atoms with E-state index in [0.717, 1.165) is 10.0 Å². The van der Waals surface area contributed by atoms with Crippen LogP contribution in [0.3, 0.4) is 0 Å². The Morgan fingerprint density at radius 3 is 2.32 bits per heavy atom. The summed E-state index contributed by atoms with van der Waals surface area (Å²) < 4.78 is 36.9. The molecule has 218 valence electrons. The zero-order chi connectivity index (χ0) is 29.5. The maximum absolute atomic E-state index is 14.2. The fourth-order valence-electron chi connectivity index (χ4n) is 5.26. The van der Waals surface area contributed by atoms with Gasteiger partial charge in [-0.05, 0) is 49.7 Å². The smallest absolute Gasteiger partial charge is 0.320 e. The van der Waals surface area contributed by atoms with Crippen molar-refractivity contribution in [2.24, 2.45) is 0 Å². The Morgan fingerprint density at radius 2 is 1.71 bits per heavy atom. The number of imidazole rings is 1. The quantitative estimate of drug-likeness (QED) is 0.323. The van der Waals surface area contributed by atoms with Crippen molar-refractivity contribution in [1.29, 1.82) is 0 Å². The lowest BCUT2D eigenvalue weighted by atomic mass is 9.92. The first-order valence-corrected chi connectivity index (χ1v) is 15.9. The van der Waals surface area contributed by atoms with E-state index < -0.39 is 15.6 Å². The molecule has 2 aliphatic heterocycles. The molecule has 1 atom stereocenters. The van der Waals surface area contributed by atoms with Gasteiger partial charge in [0.05, 0.1) is 25.0 Å². The Kier molecular flexibility index (Phi) is 8.53. The van der Waals surface area contributed by atoms with Crippen LogP contribution in [0.1, 0.15) is 19.4 Å². The largest absolute Gasteiger partial charge is 0.465 e. The Bertz CT molecular complexity index is 1570. The maximum atomic E-state index is 14.2. The van der Waals surface area contributed by atoms with E-state index in [1.165, 1.54) is 20.0 Å². The van der Waals surface area contributed by atoms with E-state index in [0.29, 0.717) is 28.8 Å². The van der Waals surface area contributed by atoms with Crippen molar-refractivity contribution in [1.82, 2.24) is 18.8 Å². The van der Waals surface area contributed by atoms with Crippen LogP contribution in [0.4, 0.5) is 11.6 Å². The second-order valence-electron chi connectivity index (χ2n) is 10.1. The van der Waals surface area contributed by atoms with Gasteiger partial charge in [0, 0.05) is 47.1 Å². The van der Waals surface area contributed by atoms with Gasteiger partial charge in [0.2, 0.25) is 5.95 Å². The summed E-state index contributed by atoms with van der Waals surface area (Å²) in [4.78, 5) is 33.8. The van der Waals surface area contributed by atoms with Crippen molar-refractivity contribution in [3.63, 3.8) is 0 Å². The molecule has 0 spiro atoms. The summed E-state index contributed by atoms with van der Waals surface area (Å²) in [5.41, 5.74) is -0.108. The van der Waals surface area contributed by atoms with Crippen LogP contribution in [0.5, 0.6) is 0 Å². The van der Waals surface area contributed by atoms with Gasteiger partial charge in [-0.3, -0.25) is 19.1 Å². The Balaban J connectivity index is 1.53. The summed E-state index contributed by atoms with van der Waals surface area (Å²) in [7, 11) is -4.07. The minimum Gasteiger partial charge on any atom is -0.465 e. The van der Waals surface area contributed by atoms with Gasteiger partial charge in [0.25, 0.3) is 15.9 Å². The highest BCUT2D eigenvalue weighted by Crippen LogP contribution is 2.45. The molecular weight excluding hydrogens is 657 g/mol. The Labute approximate surface area is 257 Å². The highest BCUT2D eigenvalue weighted by Gasteiger charge is 2.52. The number of fused-ring (bicyclic) bond motifs is 1. The van der Waals surface area contributed by atoms with Crippen molar-refractivity contribution in [3.8, 4) is 0 Å². The molecule has 0 saturated carbocycles. The molecular formula is C27H28BrCl2N5O5S. The van der Waals surface area contributed by atoms with Gasteiger partial charge in [-0.15, -0.1) is 0 Å². The molecule has 1 saturated heterocycles. The molecule has 0 aliphatic carbocycles. The fourth-order valence-corrected chi connectivity index (χ4v) is 7.65. The third-order valence-corrected chi connectivity index (χ3v) is 10.1. The van der Waals surface area contributed by atoms with Gasteiger partial charge in [-0.1, -0.05) is 51.3 Å². The van der Waals surface area contributed by atoms with E-state index >= 15 is 0 Å². The van der Waals surface area contributed by atoms with E-state index in [-0.39, 0.29) is 55.5 Å². The van der Waals surface area contributed by atoms with Crippen LogP contribution in [0.15, 0.2) is 58.2 Å². The molecule has 1 amide bonds. The number of rotatable bonds is 8. The highest BCUT2D eigenvalue weighted by molar-refractivity contribution is 9.10. The minimum atomic E-state index is -4.07. The zero-order valence-electron chi connectivity index (χ0n) is 22.4. The number of hydrogen-bond donors (Lipinski definition) is 0. The summed E-state index contributed by atoms with van der Waals surface area (Å²) in [6.45, 7) is 4.91. The van der Waals surface area contributed by atoms with Gasteiger partial charge >= 0.3 is 5.97 Å². The Morgan fingerprint density at radius 1 is 1.07 bits per heavy atom. The number of aromatic nitrogens is 2. The third-order valence-electron chi connectivity index (χ3n) is 7.23. The topological polar surface area (TPSA) is 105 Å². The summed E-state index contributed by atoms with van der Waals surface area (Å²) in [5, 5.41) is 0.567. The molecule has 1 aromatic heterocycles. The van der Waals surface area contributed by atoms with Crippen LogP contribution in [0.25, 0.3) is 0 Å². The van der Waals surface area contributed by atoms with Gasteiger partial charge in [0.1, 0.15) is 5.54 Å². The lowest BCUT2D eigenvalue weighted by molar-refractivity contribution is -0.144. The van der Waals surface area contributed by atoms with Crippen LogP contribution >= 0.6 is 39.1 Å². The van der Waals surface area contributed by atoms with Gasteiger partial charge in [-0.25, -0.2) is 18.3 Å². The number of ether oxygens (including phenoxy) is 1. The number of sulfonamides is 1. The lowest BCUT2D eigenvalue weighted by Gasteiger charge is -2.34. The summed E-state index contributed by atoms with van der Waals surface area (Å²) >= 11 is 16.0. The standard InChI is InChI=1S/C27H28BrCl2N5O5S/c1-3-40-24(36)17-32-8-10-33(11-9-32)41(38,39)23-16-31-26-34(22-13-20(29)12-21(30)14-22)25(37)27(2,35(23)26)15-18-4-6-19(28)7-5-18/h4-7,12-14,16H,3,8-11,15,17H2,1-2H3. The molecule has 14 heteroatoms. The highest BCUT2D eigenvalue weighted by atomic mass is 79.9. The van der Waals surface area contributed by atoms with E-state index in [4.69, 9.17) is 27.9 Å². The fraction of sp³-hybridized carbons (Fsp3) is 0.370. The van der Waals surface area contributed by atoms with Gasteiger partial charge in [-0.2, -0.15) is 4.31 Å². The molecule has 5 rings (SSSR count). The van der Waals surface area contributed by atoms with E-state index in [2.05, 4.69) is 20.9 Å². The molecule has 2 aromatic carbocycles. The van der Waals surface area contributed by atoms with Gasteiger partial charge in [0.15, 0.2) is 5.03 Å². The molecule has 41 heavy (non-hydrogen) atoms. The number of piperazine rings is 1. The molecule has 3 aromatic rings. The number of nitrogens with zero attached hydrogens (tertiary/aromatic N) is 5. The molecule has 0 N–H and O–H groups in total. The molecule has 3 heterocycles. The average molecular weight is 685 g/mol. The molecule has 2 aliphatic rings. The summed E-state index contributed by atoms with van der Waals surface area (Å²) in [6, 6.07) is 12.2. The van der Waals surface area contributed by atoms with Crippen molar-refractivity contribution in [2.75, 3.05) is 44.2 Å². The number of hydrogen-bond acceptors (Lipinski definition) is 7. The number of halogens is 3. The van der Waals surface area contributed by atoms with Crippen molar-refractivity contribution in [3.05, 3.63) is 68.7 Å². The number of carbonyl (C=O) groups excluding carboxylic acids is 2. The first-order chi connectivity index (χ1) is 19.4. The minimum absolute atomic E-state index is 0.0880. The zero-order valence-corrected chi connectivity index (χ0v) is 26.3. The van der Waals surface area contributed by atoms with Gasteiger partial charge < -0.3 is 4.74 Å². The number of anilines is 2. The predicted octanol–water partition coefficient (Wildman–Crippen LogP) is 4.46. The second-order valence-corrected chi connectivity index (χ2v) is 13.7. The Hall–Kier alpha value is -2.48. The van der Waals surface area contributed by atoms with Crippen molar-refractivity contribution < 1.29 is 22.7 Å². The van der Waals surface area contributed by atoms with Crippen LogP contribution in [0.2, 0.25) is 10.0 Å². The first-order valence-electron chi connectivity index (χ1n) is 13.0. The number of carbonyl (C=O) groups is 2. The third kappa shape index (κ3) is 5.78. The number of amides is 1. The molecule has 0 bridgehead atoms. The van der Waals surface area contributed by atoms with E-state index in [9.17, 15) is 18.0 Å². The monoisotopic (exact) mass is 683 g/mol. The second kappa shape index (κ2) is 11.7. The van der Waals surface area contributed by atoms with Crippen LogP contribution in [0, 0.1) is 0 Å². The van der Waals surface area contributed by atoms with Crippen molar-refractivity contribution >= 4 is 72.7 Å². The maximum Gasteiger partial charge on any atom is 0.320 e. The predicted molar refractivity (Wildman–Crippen MR) is 159 cm³/mol. The van der Waals surface area contributed by atoms with E-state index in [1.54, 1.807) is 32.0 Å². The molecule has 0 radical (unpaired) electrons. The van der Waals surface area contributed by atoms with Crippen LogP contribution in [-0.4, -0.2) is 78.4 Å². The molecule has 1 unspecified atom stereocenters. The molecule has 1 fully saturated rings. The van der Waals surface area contributed by atoms with Crippen LogP contribution < -0.4 is 4.90 Å². The lowest BCUT2D eigenvalue weighted by Crippen LogP contribution is -2.50. The normalized spacial score (nSPS) is 19.9.